The van der Waals surface area contributed by atoms with Crippen LogP contribution in [0.25, 0.3) is 16.7 Å². The van der Waals surface area contributed by atoms with Crippen LogP contribution < -0.4 is 5.56 Å². The molecule has 27 heavy (non-hydrogen) atoms. The summed E-state index contributed by atoms with van der Waals surface area (Å²) < 4.78 is 3.66. The van der Waals surface area contributed by atoms with Crippen molar-refractivity contribution in [3.8, 4) is 0 Å². The molecule has 2 aliphatic heterocycles. The summed E-state index contributed by atoms with van der Waals surface area (Å²) in [4.78, 5) is 17.8. The average Bonchev–Trinajstić information content (AvgIpc) is 3.40. The first-order chi connectivity index (χ1) is 13.1. The summed E-state index contributed by atoms with van der Waals surface area (Å²) in [6, 6.07) is 6.70. The van der Waals surface area contributed by atoms with Gasteiger partial charge in [0.05, 0.1) is 17.4 Å². The largest absolute Gasteiger partial charge is 0.299 e. The van der Waals surface area contributed by atoms with E-state index in [1.165, 1.54) is 32.4 Å². The van der Waals surface area contributed by atoms with Crippen molar-refractivity contribution >= 4 is 16.7 Å². The number of benzene rings is 1. The maximum absolute atomic E-state index is 12.7. The van der Waals surface area contributed by atoms with Gasteiger partial charge < -0.3 is 0 Å². The molecular formula is C20H26N6O. The molecular weight excluding hydrogens is 340 g/mol. The molecule has 0 aliphatic carbocycles. The molecule has 1 atom stereocenters. The molecule has 2 aromatic heterocycles. The number of aryl methyl sites for hydroxylation is 2. The summed E-state index contributed by atoms with van der Waals surface area (Å²) in [5.41, 5.74) is 1.96. The summed E-state index contributed by atoms with van der Waals surface area (Å²) in [5.74, 6) is 1.53. The lowest BCUT2D eigenvalue weighted by molar-refractivity contribution is 0.228. The van der Waals surface area contributed by atoms with Crippen molar-refractivity contribution < 1.29 is 0 Å². The van der Waals surface area contributed by atoms with Gasteiger partial charge in [-0.1, -0.05) is 11.6 Å². The predicted molar refractivity (Wildman–Crippen MR) is 105 cm³/mol. The van der Waals surface area contributed by atoms with Gasteiger partial charge in [0.2, 0.25) is 5.78 Å². The zero-order valence-corrected chi connectivity index (χ0v) is 16.1. The fraction of sp³-hybridized carbons (Fsp3) is 0.550. The SMILES string of the molecule is Cc1ccc2c(c1)c(=O)n(C)c1nnc(CN3CCC(N4CCCC4)C3)n21. The van der Waals surface area contributed by atoms with Crippen molar-refractivity contribution in [2.24, 2.45) is 7.05 Å². The van der Waals surface area contributed by atoms with E-state index >= 15 is 0 Å². The zero-order valence-electron chi connectivity index (χ0n) is 16.1. The first kappa shape index (κ1) is 16.9. The molecule has 5 rings (SSSR count). The third kappa shape index (κ3) is 2.76. The molecule has 2 saturated heterocycles. The van der Waals surface area contributed by atoms with Gasteiger partial charge in [-0.25, -0.2) is 0 Å². The summed E-state index contributed by atoms with van der Waals surface area (Å²) >= 11 is 0. The Bertz CT molecular complexity index is 1060. The summed E-state index contributed by atoms with van der Waals surface area (Å²) in [7, 11) is 1.77. The number of aromatic nitrogens is 4. The van der Waals surface area contributed by atoms with Crippen LogP contribution in [0, 0.1) is 6.92 Å². The molecule has 0 saturated carbocycles. The van der Waals surface area contributed by atoms with Gasteiger partial charge in [0.25, 0.3) is 5.56 Å². The van der Waals surface area contributed by atoms with Crippen LogP contribution in [-0.2, 0) is 13.6 Å². The molecule has 142 valence electrons. The van der Waals surface area contributed by atoms with E-state index in [-0.39, 0.29) is 5.56 Å². The lowest BCUT2D eigenvalue weighted by Gasteiger charge is -2.23. The van der Waals surface area contributed by atoms with Crippen LogP contribution >= 0.6 is 0 Å². The Morgan fingerprint density at radius 2 is 1.96 bits per heavy atom. The number of likely N-dealkylation sites (tertiary alicyclic amines) is 2. The normalized spacial score (nSPS) is 21.8. The molecule has 0 radical (unpaired) electrons. The van der Waals surface area contributed by atoms with Crippen molar-refractivity contribution in [2.45, 2.75) is 38.8 Å². The Morgan fingerprint density at radius 1 is 1.15 bits per heavy atom. The fourth-order valence-corrected chi connectivity index (χ4v) is 4.72. The maximum atomic E-state index is 12.7. The highest BCUT2D eigenvalue weighted by molar-refractivity contribution is 5.81. The zero-order chi connectivity index (χ0) is 18.5. The van der Waals surface area contributed by atoms with Gasteiger partial charge in [-0.05, 0) is 51.4 Å². The van der Waals surface area contributed by atoms with Gasteiger partial charge >= 0.3 is 0 Å². The van der Waals surface area contributed by atoms with Gasteiger partial charge in [-0.3, -0.25) is 23.6 Å². The van der Waals surface area contributed by atoms with E-state index in [0.717, 1.165) is 41.9 Å². The van der Waals surface area contributed by atoms with Crippen molar-refractivity contribution in [1.29, 1.82) is 0 Å². The summed E-state index contributed by atoms with van der Waals surface area (Å²) in [6.45, 7) is 7.47. The highest BCUT2D eigenvalue weighted by Gasteiger charge is 2.30. The molecule has 0 amide bonds. The molecule has 3 aromatic rings. The number of hydrogen-bond acceptors (Lipinski definition) is 5. The number of hydrogen-bond donors (Lipinski definition) is 0. The minimum Gasteiger partial charge on any atom is -0.299 e. The lowest BCUT2D eigenvalue weighted by Crippen LogP contribution is -2.35. The molecule has 7 heteroatoms. The third-order valence-corrected chi connectivity index (χ3v) is 6.21. The Balaban J connectivity index is 1.51. The van der Waals surface area contributed by atoms with E-state index in [9.17, 15) is 4.79 Å². The minimum absolute atomic E-state index is 0.0181. The second-order valence-electron chi connectivity index (χ2n) is 8.06. The van der Waals surface area contributed by atoms with Crippen LogP contribution in [0.4, 0.5) is 0 Å². The third-order valence-electron chi connectivity index (χ3n) is 6.21. The topological polar surface area (TPSA) is 58.7 Å². The number of nitrogens with zero attached hydrogens (tertiary/aromatic N) is 6. The Kier molecular flexibility index (Phi) is 4.02. The van der Waals surface area contributed by atoms with E-state index in [4.69, 9.17) is 0 Å². The van der Waals surface area contributed by atoms with Crippen molar-refractivity contribution in [3.63, 3.8) is 0 Å². The molecule has 7 nitrogen and oxygen atoms in total. The Morgan fingerprint density at radius 3 is 2.78 bits per heavy atom. The maximum Gasteiger partial charge on any atom is 0.262 e. The molecule has 0 spiro atoms. The van der Waals surface area contributed by atoms with Crippen LogP contribution in [-0.4, -0.2) is 61.2 Å². The minimum atomic E-state index is -0.0181. The Hall–Kier alpha value is -2.25. The predicted octanol–water partition coefficient (Wildman–Crippen LogP) is 1.56. The fourth-order valence-electron chi connectivity index (χ4n) is 4.72. The van der Waals surface area contributed by atoms with Crippen LogP contribution in [0.5, 0.6) is 0 Å². The second-order valence-corrected chi connectivity index (χ2v) is 8.06. The molecule has 4 heterocycles. The van der Waals surface area contributed by atoms with Gasteiger partial charge in [0, 0.05) is 26.2 Å². The number of fused-ring (bicyclic) bond motifs is 3. The van der Waals surface area contributed by atoms with E-state index < -0.39 is 0 Å². The first-order valence-electron chi connectivity index (χ1n) is 9.91. The molecule has 1 aromatic carbocycles. The first-order valence-corrected chi connectivity index (χ1v) is 9.91. The van der Waals surface area contributed by atoms with E-state index in [1.807, 2.05) is 25.1 Å². The highest BCUT2D eigenvalue weighted by atomic mass is 16.1. The number of rotatable bonds is 3. The highest BCUT2D eigenvalue weighted by Crippen LogP contribution is 2.22. The van der Waals surface area contributed by atoms with Gasteiger partial charge in [0.1, 0.15) is 0 Å². The molecule has 1 unspecified atom stereocenters. The lowest BCUT2D eigenvalue weighted by atomic mass is 10.1. The monoisotopic (exact) mass is 366 g/mol. The standard InChI is InChI=1S/C20H26N6O/c1-14-5-6-17-16(11-14)19(27)23(2)20-22-21-18(26(17)20)13-24-10-7-15(12-24)25-8-3-4-9-25/h5-6,11,15H,3-4,7-10,12-13H2,1-2H3. The van der Waals surface area contributed by atoms with Crippen LogP contribution in [0.1, 0.15) is 30.7 Å². The second kappa shape index (κ2) is 6.42. The van der Waals surface area contributed by atoms with E-state index in [2.05, 4.69) is 24.4 Å². The van der Waals surface area contributed by atoms with Crippen LogP contribution in [0.3, 0.4) is 0 Å². The van der Waals surface area contributed by atoms with E-state index in [0.29, 0.717) is 11.8 Å². The molecule has 2 fully saturated rings. The van der Waals surface area contributed by atoms with Crippen molar-refractivity contribution in [1.82, 2.24) is 29.0 Å². The van der Waals surface area contributed by atoms with Gasteiger partial charge in [-0.15, -0.1) is 10.2 Å². The quantitative estimate of drug-likeness (QED) is 0.704. The molecule has 0 bridgehead atoms. The smallest absolute Gasteiger partial charge is 0.262 e. The van der Waals surface area contributed by atoms with Crippen LogP contribution in [0.15, 0.2) is 23.0 Å². The summed E-state index contributed by atoms with van der Waals surface area (Å²) in [6.07, 6.45) is 3.91. The van der Waals surface area contributed by atoms with Gasteiger partial charge in [0.15, 0.2) is 5.82 Å². The summed E-state index contributed by atoms with van der Waals surface area (Å²) in [5, 5.41) is 9.51. The Labute approximate surface area is 158 Å². The molecule has 0 N–H and O–H groups in total. The van der Waals surface area contributed by atoms with E-state index in [1.54, 1.807) is 11.6 Å². The van der Waals surface area contributed by atoms with Gasteiger partial charge in [-0.2, -0.15) is 0 Å². The van der Waals surface area contributed by atoms with Crippen LogP contribution in [0.2, 0.25) is 0 Å². The average molecular weight is 366 g/mol. The van der Waals surface area contributed by atoms with Crippen molar-refractivity contribution in [2.75, 3.05) is 26.2 Å². The molecule has 2 aliphatic rings. The van der Waals surface area contributed by atoms with Crippen molar-refractivity contribution in [3.05, 3.63) is 39.9 Å².